The Balaban J connectivity index is 1.84. The van der Waals surface area contributed by atoms with Gasteiger partial charge < -0.3 is 5.32 Å². The third kappa shape index (κ3) is 4.61. The van der Waals surface area contributed by atoms with Crippen LogP contribution in [-0.2, 0) is 12.8 Å². The Kier molecular flexibility index (Phi) is 6.39. The molecular formula is C17H29NS. The third-order valence-electron chi connectivity index (χ3n) is 4.39. The maximum atomic E-state index is 3.81. The smallest absolute Gasteiger partial charge is 0.00987 e. The lowest BCUT2D eigenvalue weighted by Gasteiger charge is -2.24. The molecule has 0 spiro atoms. The van der Waals surface area contributed by atoms with Crippen molar-refractivity contribution in [1.82, 2.24) is 5.32 Å². The molecule has 108 valence electrons. The van der Waals surface area contributed by atoms with E-state index in [9.17, 15) is 0 Å². The molecule has 0 aliphatic heterocycles. The van der Waals surface area contributed by atoms with Crippen molar-refractivity contribution < 1.29 is 0 Å². The van der Waals surface area contributed by atoms with Crippen LogP contribution in [-0.4, -0.2) is 12.6 Å². The highest BCUT2D eigenvalue weighted by Gasteiger charge is 2.24. The van der Waals surface area contributed by atoms with E-state index in [0.29, 0.717) is 0 Å². The van der Waals surface area contributed by atoms with Gasteiger partial charge in [-0.05, 0) is 63.1 Å². The molecule has 0 aromatic carbocycles. The molecule has 0 bridgehead atoms. The molecule has 1 heterocycles. The first-order valence-electron chi connectivity index (χ1n) is 8.14. The van der Waals surface area contributed by atoms with Gasteiger partial charge in [-0.2, -0.15) is 0 Å². The van der Waals surface area contributed by atoms with E-state index in [1.54, 1.807) is 4.88 Å². The molecule has 1 fully saturated rings. The predicted octanol–water partition coefficient (Wildman–Crippen LogP) is 4.80. The highest BCUT2D eigenvalue weighted by Crippen LogP contribution is 2.30. The van der Waals surface area contributed by atoms with Crippen molar-refractivity contribution in [3.8, 4) is 0 Å². The zero-order valence-corrected chi connectivity index (χ0v) is 13.4. The monoisotopic (exact) mass is 279 g/mol. The summed E-state index contributed by atoms with van der Waals surface area (Å²) >= 11 is 2.01. The maximum Gasteiger partial charge on any atom is 0.00987 e. The molecule has 1 aliphatic rings. The lowest BCUT2D eigenvalue weighted by Crippen LogP contribution is -2.36. The minimum Gasteiger partial charge on any atom is -0.314 e. The molecule has 1 nitrogen and oxygen atoms in total. The van der Waals surface area contributed by atoms with Crippen LogP contribution in [0.15, 0.2) is 12.1 Å². The minimum absolute atomic E-state index is 0.759. The van der Waals surface area contributed by atoms with Crippen LogP contribution < -0.4 is 5.32 Å². The van der Waals surface area contributed by atoms with Crippen molar-refractivity contribution >= 4 is 11.3 Å². The van der Waals surface area contributed by atoms with Crippen LogP contribution in [0.25, 0.3) is 0 Å². The fourth-order valence-electron chi connectivity index (χ4n) is 3.24. The zero-order valence-electron chi connectivity index (χ0n) is 12.6. The standard InChI is InChI=1S/C17H29NS/c1-3-13-18-17(14-7-5-6-8-14)12-11-16-10-9-15(4-2)19-16/h9-10,14,17-18H,3-8,11-13H2,1-2H3. The predicted molar refractivity (Wildman–Crippen MR) is 86.1 cm³/mol. The number of hydrogen-bond donors (Lipinski definition) is 1. The summed E-state index contributed by atoms with van der Waals surface area (Å²) in [6, 6.07) is 5.41. The van der Waals surface area contributed by atoms with Gasteiger partial charge in [-0.25, -0.2) is 0 Å². The van der Waals surface area contributed by atoms with E-state index in [1.165, 1.54) is 62.8 Å². The molecule has 2 rings (SSSR count). The lowest BCUT2D eigenvalue weighted by atomic mass is 9.93. The first kappa shape index (κ1) is 15.1. The summed E-state index contributed by atoms with van der Waals surface area (Å²) in [4.78, 5) is 3.12. The van der Waals surface area contributed by atoms with Crippen molar-refractivity contribution in [2.45, 2.75) is 71.3 Å². The van der Waals surface area contributed by atoms with Crippen LogP contribution in [0.3, 0.4) is 0 Å². The molecule has 1 unspecified atom stereocenters. The summed E-state index contributed by atoms with van der Waals surface area (Å²) in [6.45, 7) is 5.71. The van der Waals surface area contributed by atoms with Crippen LogP contribution in [0.5, 0.6) is 0 Å². The quantitative estimate of drug-likeness (QED) is 0.720. The molecule has 0 amide bonds. The van der Waals surface area contributed by atoms with Crippen molar-refractivity contribution in [2.24, 2.45) is 5.92 Å². The number of nitrogens with one attached hydrogen (secondary N) is 1. The Morgan fingerprint density at radius 1 is 1.21 bits per heavy atom. The second-order valence-electron chi connectivity index (χ2n) is 5.87. The zero-order chi connectivity index (χ0) is 13.5. The van der Waals surface area contributed by atoms with Gasteiger partial charge in [-0.1, -0.05) is 26.7 Å². The molecular weight excluding hydrogens is 250 g/mol. The van der Waals surface area contributed by atoms with Gasteiger partial charge in [0.15, 0.2) is 0 Å². The van der Waals surface area contributed by atoms with Gasteiger partial charge in [0.1, 0.15) is 0 Å². The maximum absolute atomic E-state index is 3.81. The molecule has 0 radical (unpaired) electrons. The van der Waals surface area contributed by atoms with E-state index in [0.717, 1.165) is 12.0 Å². The Bertz CT molecular complexity index is 352. The fourth-order valence-corrected chi connectivity index (χ4v) is 4.21. The molecule has 19 heavy (non-hydrogen) atoms. The summed E-state index contributed by atoms with van der Waals surface area (Å²) in [5, 5.41) is 3.81. The first-order valence-corrected chi connectivity index (χ1v) is 8.96. The Morgan fingerprint density at radius 3 is 2.58 bits per heavy atom. The van der Waals surface area contributed by atoms with E-state index >= 15 is 0 Å². The van der Waals surface area contributed by atoms with Gasteiger partial charge >= 0.3 is 0 Å². The van der Waals surface area contributed by atoms with E-state index < -0.39 is 0 Å². The number of rotatable bonds is 8. The van der Waals surface area contributed by atoms with Crippen molar-refractivity contribution in [2.75, 3.05) is 6.54 Å². The van der Waals surface area contributed by atoms with Crippen LogP contribution in [0.1, 0.15) is 62.1 Å². The first-order chi connectivity index (χ1) is 9.33. The van der Waals surface area contributed by atoms with Crippen LogP contribution in [0.4, 0.5) is 0 Å². The molecule has 1 aromatic rings. The molecule has 1 aromatic heterocycles. The highest BCUT2D eigenvalue weighted by molar-refractivity contribution is 7.11. The van der Waals surface area contributed by atoms with Gasteiger partial charge in [0, 0.05) is 15.8 Å². The molecule has 1 atom stereocenters. The minimum atomic E-state index is 0.759. The summed E-state index contributed by atoms with van der Waals surface area (Å²) in [6.07, 6.45) is 10.8. The average molecular weight is 279 g/mol. The summed E-state index contributed by atoms with van der Waals surface area (Å²) < 4.78 is 0. The van der Waals surface area contributed by atoms with E-state index in [2.05, 4.69) is 31.3 Å². The summed E-state index contributed by atoms with van der Waals surface area (Å²) in [5.41, 5.74) is 0. The number of thiophene rings is 1. The second-order valence-corrected chi connectivity index (χ2v) is 7.12. The van der Waals surface area contributed by atoms with Gasteiger partial charge in [-0.3, -0.25) is 0 Å². The third-order valence-corrected chi connectivity index (χ3v) is 5.68. The van der Waals surface area contributed by atoms with Crippen molar-refractivity contribution in [3.05, 3.63) is 21.9 Å². The molecule has 0 saturated heterocycles. The largest absolute Gasteiger partial charge is 0.314 e. The Labute approximate surface area is 122 Å². The fraction of sp³-hybridized carbons (Fsp3) is 0.765. The van der Waals surface area contributed by atoms with E-state index in [-0.39, 0.29) is 0 Å². The molecule has 2 heteroatoms. The van der Waals surface area contributed by atoms with E-state index in [4.69, 9.17) is 0 Å². The summed E-state index contributed by atoms with van der Waals surface area (Å²) in [5.74, 6) is 0.942. The highest BCUT2D eigenvalue weighted by atomic mass is 32.1. The number of hydrogen-bond acceptors (Lipinski definition) is 2. The van der Waals surface area contributed by atoms with Crippen LogP contribution in [0, 0.1) is 5.92 Å². The molecule has 1 N–H and O–H groups in total. The topological polar surface area (TPSA) is 12.0 Å². The Morgan fingerprint density at radius 2 is 1.95 bits per heavy atom. The Hall–Kier alpha value is -0.340. The van der Waals surface area contributed by atoms with Gasteiger partial charge in [0.25, 0.3) is 0 Å². The van der Waals surface area contributed by atoms with Crippen LogP contribution in [0.2, 0.25) is 0 Å². The van der Waals surface area contributed by atoms with E-state index in [1.807, 2.05) is 11.3 Å². The van der Waals surface area contributed by atoms with Gasteiger partial charge in [0.05, 0.1) is 0 Å². The van der Waals surface area contributed by atoms with Gasteiger partial charge in [-0.15, -0.1) is 11.3 Å². The van der Waals surface area contributed by atoms with Gasteiger partial charge in [0.2, 0.25) is 0 Å². The molecule has 1 aliphatic carbocycles. The van der Waals surface area contributed by atoms with Crippen LogP contribution >= 0.6 is 11.3 Å². The average Bonchev–Trinajstić information content (AvgIpc) is 3.10. The van der Waals surface area contributed by atoms with Crippen molar-refractivity contribution in [3.63, 3.8) is 0 Å². The number of aryl methyl sites for hydroxylation is 2. The normalized spacial score (nSPS) is 18.0. The lowest BCUT2D eigenvalue weighted by molar-refractivity contribution is 0.341. The second kappa shape index (κ2) is 8.06. The SMILES string of the molecule is CCCNC(CCc1ccc(CC)s1)C1CCCC1. The summed E-state index contributed by atoms with van der Waals surface area (Å²) in [7, 11) is 0. The van der Waals surface area contributed by atoms with Crippen molar-refractivity contribution in [1.29, 1.82) is 0 Å². The molecule has 1 saturated carbocycles.